The minimum atomic E-state index is -0.814. The normalized spacial score (nSPS) is 10.5. The predicted molar refractivity (Wildman–Crippen MR) is 101 cm³/mol. The molecule has 8 nitrogen and oxygen atoms in total. The van der Waals surface area contributed by atoms with Crippen LogP contribution in [0.5, 0.6) is 0 Å². The molecule has 27 heavy (non-hydrogen) atoms. The van der Waals surface area contributed by atoms with Crippen molar-refractivity contribution in [1.82, 2.24) is 15.5 Å². The highest BCUT2D eigenvalue weighted by molar-refractivity contribution is 6.40. The Morgan fingerprint density at radius 2 is 1.78 bits per heavy atom. The molecule has 0 aliphatic rings. The van der Waals surface area contributed by atoms with Crippen LogP contribution in [0.25, 0.3) is 0 Å². The molecule has 1 aromatic heterocycles. The van der Waals surface area contributed by atoms with E-state index in [2.05, 4.69) is 16.0 Å². The van der Waals surface area contributed by atoms with Crippen molar-refractivity contribution in [2.24, 2.45) is 0 Å². The van der Waals surface area contributed by atoms with Crippen LogP contribution in [0.2, 0.25) is 0 Å². The van der Waals surface area contributed by atoms with Crippen LogP contribution in [-0.4, -0.2) is 49.8 Å². The number of nitrogens with zero attached hydrogens (tertiary/aromatic N) is 1. The van der Waals surface area contributed by atoms with E-state index in [0.717, 1.165) is 13.0 Å². The number of furan rings is 1. The standard InChI is InChI=1S/C19H24N4O4/c1-23(2)11-6-10-20-18(25)19(26)22-16-9-4-3-8-15(16)17(24)21-13-14-7-5-12-27-14/h3-5,7-9,12H,6,10-11,13H2,1-2H3,(H,20,25)(H,21,24)(H,22,26). The number of anilines is 1. The van der Waals surface area contributed by atoms with Crippen molar-refractivity contribution in [3.8, 4) is 0 Å². The third-order valence-corrected chi connectivity index (χ3v) is 3.70. The highest BCUT2D eigenvalue weighted by Gasteiger charge is 2.17. The van der Waals surface area contributed by atoms with E-state index in [-0.39, 0.29) is 23.7 Å². The van der Waals surface area contributed by atoms with Crippen molar-refractivity contribution < 1.29 is 18.8 Å². The van der Waals surface area contributed by atoms with Gasteiger partial charge in [0.1, 0.15) is 5.76 Å². The molecule has 0 aliphatic heterocycles. The molecule has 0 atom stereocenters. The summed E-state index contributed by atoms with van der Waals surface area (Å²) in [6.07, 6.45) is 2.25. The van der Waals surface area contributed by atoms with Crippen LogP contribution in [0, 0.1) is 0 Å². The average molecular weight is 372 g/mol. The zero-order valence-corrected chi connectivity index (χ0v) is 15.5. The maximum atomic E-state index is 12.4. The molecule has 0 fully saturated rings. The molecule has 1 heterocycles. The Kier molecular flexibility index (Phi) is 7.57. The summed E-state index contributed by atoms with van der Waals surface area (Å²) in [5.41, 5.74) is 0.528. The topological polar surface area (TPSA) is 104 Å². The number of hydrogen-bond acceptors (Lipinski definition) is 5. The van der Waals surface area contributed by atoms with Crippen LogP contribution >= 0.6 is 0 Å². The third kappa shape index (κ3) is 6.59. The smallest absolute Gasteiger partial charge is 0.313 e. The van der Waals surface area contributed by atoms with Crippen molar-refractivity contribution in [1.29, 1.82) is 0 Å². The predicted octanol–water partition coefficient (Wildman–Crippen LogP) is 1.22. The maximum absolute atomic E-state index is 12.4. The molecule has 0 aliphatic carbocycles. The van der Waals surface area contributed by atoms with Crippen LogP contribution in [0.3, 0.4) is 0 Å². The summed E-state index contributed by atoms with van der Waals surface area (Å²) in [6.45, 7) is 1.43. The second-order valence-electron chi connectivity index (χ2n) is 6.17. The molecule has 1 aromatic carbocycles. The number of carbonyl (C=O) groups excluding carboxylic acids is 3. The van der Waals surface area contributed by atoms with Gasteiger partial charge in [-0.05, 0) is 51.3 Å². The van der Waals surface area contributed by atoms with E-state index in [9.17, 15) is 14.4 Å². The number of benzene rings is 1. The Morgan fingerprint density at radius 3 is 2.48 bits per heavy atom. The van der Waals surface area contributed by atoms with Gasteiger partial charge in [-0.1, -0.05) is 12.1 Å². The van der Waals surface area contributed by atoms with Gasteiger partial charge in [0.05, 0.1) is 24.1 Å². The lowest BCUT2D eigenvalue weighted by Crippen LogP contribution is -2.37. The molecular formula is C19H24N4O4. The molecule has 0 bridgehead atoms. The number of carbonyl (C=O) groups is 3. The summed E-state index contributed by atoms with van der Waals surface area (Å²) in [6, 6.07) is 9.97. The first kappa shape index (κ1) is 20.2. The van der Waals surface area contributed by atoms with Gasteiger partial charge in [-0.15, -0.1) is 0 Å². The average Bonchev–Trinajstić information content (AvgIpc) is 3.17. The van der Waals surface area contributed by atoms with E-state index in [4.69, 9.17) is 4.42 Å². The van der Waals surface area contributed by atoms with Crippen LogP contribution in [0.15, 0.2) is 47.1 Å². The molecular weight excluding hydrogens is 348 g/mol. The SMILES string of the molecule is CN(C)CCCNC(=O)C(=O)Nc1ccccc1C(=O)NCc1ccco1. The Morgan fingerprint density at radius 1 is 1.00 bits per heavy atom. The molecule has 0 radical (unpaired) electrons. The number of rotatable bonds is 8. The van der Waals surface area contributed by atoms with Gasteiger partial charge >= 0.3 is 11.8 Å². The van der Waals surface area contributed by atoms with Gasteiger partial charge in [-0.3, -0.25) is 14.4 Å². The summed E-state index contributed by atoms with van der Waals surface area (Å²) >= 11 is 0. The molecule has 3 N–H and O–H groups in total. The quantitative estimate of drug-likeness (QED) is 0.477. The lowest BCUT2D eigenvalue weighted by molar-refractivity contribution is -0.136. The molecule has 0 unspecified atom stereocenters. The lowest BCUT2D eigenvalue weighted by Gasteiger charge is -2.12. The fourth-order valence-electron chi connectivity index (χ4n) is 2.32. The minimum Gasteiger partial charge on any atom is -0.467 e. The number of amides is 3. The number of nitrogens with one attached hydrogen (secondary N) is 3. The third-order valence-electron chi connectivity index (χ3n) is 3.70. The molecule has 3 amide bonds. The van der Waals surface area contributed by atoms with Crippen molar-refractivity contribution in [3.63, 3.8) is 0 Å². The Balaban J connectivity index is 1.91. The second kappa shape index (κ2) is 10.1. The van der Waals surface area contributed by atoms with Gasteiger partial charge in [-0.2, -0.15) is 0 Å². The van der Waals surface area contributed by atoms with Crippen molar-refractivity contribution >= 4 is 23.4 Å². The molecule has 2 aromatic rings. The van der Waals surface area contributed by atoms with E-state index in [1.54, 1.807) is 36.4 Å². The highest BCUT2D eigenvalue weighted by Crippen LogP contribution is 2.15. The van der Waals surface area contributed by atoms with Gasteiger partial charge in [0, 0.05) is 6.54 Å². The maximum Gasteiger partial charge on any atom is 0.313 e. The Bertz CT molecular complexity index is 772. The first-order chi connectivity index (χ1) is 13.0. The van der Waals surface area contributed by atoms with E-state index >= 15 is 0 Å². The lowest BCUT2D eigenvalue weighted by atomic mass is 10.1. The van der Waals surface area contributed by atoms with Gasteiger partial charge < -0.3 is 25.3 Å². The van der Waals surface area contributed by atoms with Crippen LogP contribution in [-0.2, 0) is 16.1 Å². The monoisotopic (exact) mass is 372 g/mol. The first-order valence-corrected chi connectivity index (χ1v) is 8.61. The van der Waals surface area contributed by atoms with E-state index in [0.29, 0.717) is 12.3 Å². The first-order valence-electron chi connectivity index (χ1n) is 8.61. The Labute approximate surface area is 157 Å². The minimum absolute atomic E-state index is 0.223. The molecule has 0 saturated carbocycles. The van der Waals surface area contributed by atoms with E-state index in [1.165, 1.54) is 6.26 Å². The molecule has 0 saturated heterocycles. The summed E-state index contributed by atoms with van der Waals surface area (Å²) in [7, 11) is 3.87. The molecule has 8 heteroatoms. The zero-order valence-electron chi connectivity index (χ0n) is 15.5. The van der Waals surface area contributed by atoms with Crippen LogP contribution in [0.1, 0.15) is 22.5 Å². The van der Waals surface area contributed by atoms with E-state index < -0.39 is 11.8 Å². The van der Waals surface area contributed by atoms with Gasteiger partial charge in [0.2, 0.25) is 0 Å². The van der Waals surface area contributed by atoms with Crippen molar-refractivity contribution in [3.05, 3.63) is 54.0 Å². The molecule has 2 rings (SSSR count). The van der Waals surface area contributed by atoms with Crippen molar-refractivity contribution in [2.75, 3.05) is 32.5 Å². The highest BCUT2D eigenvalue weighted by atomic mass is 16.3. The second-order valence-corrected chi connectivity index (χ2v) is 6.17. The number of hydrogen-bond donors (Lipinski definition) is 3. The summed E-state index contributed by atoms with van der Waals surface area (Å²) in [4.78, 5) is 38.4. The van der Waals surface area contributed by atoms with E-state index in [1.807, 2.05) is 19.0 Å². The summed E-state index contributed by atoms with van der Waals surface area (Å²) in [5.74, 6) is -1.32. The largest absolute Gasteiger partial charge is 0.467 e. The molecule has 144 valence electrons. The Hall–Kier alpha value is -3.13. The van der Waals surface area contributed by atoms with Crippen LogP contribution < -0.4 is 16.0 Å². The fraction of sp³-hybridized carbons (Fsp3) is 0.316. The van der Waals surface area contributed by atoms with Gasteiger partial charge in [-0.25, -0.2) is 0 Å². The summed E-state index contributed by atoms with van der Waals surface area (Å²) in [5, 5.41) is 7.76. The zero-order chi connectivity index (χ0) is 19.6. The summed E-state index contributed by atoms with van der Waals surface area (Å²) < 4.78 is 5.17. The molecule has 0 spiro atoms. The van der Waals surface area contributed by atoms with Gasteiger partial charge in [0.25, 0.3) is 5.91 Å². The van der Waals surface area contributed by atoms with Crippen LogP contribution in [0.4, 0.5) is 5.69 Å². The van der Waals surface area contributed by atoms with Gasteiger partial charge in [0.15, 0.2) is 0 Å². The van der Waals surface area contributed by atoms with Crippen molar-refractivity contribution in [2.45, 2.75) is 13.0 Å². The number of para-hydroxylation sites is 1. The fourth-order valence-corrected chi connectivity index (χ4v) is 2.32.